The first-order chi connectivity index (χ1) is 9.39. The van der Waals surface area contributed by atoms with Gasteiger partial charge in [-0.3, -0.25) is 0 Å². The van der Waals surface area contributed by atoms with Crippen LogP contribution in [0.25, 0.3) is 0 Å². The van der Waals surface area contributed by atoms with Gasteiger partial charge in [-0.15, -0.1) is 0 Å². The van der Waals surface area contributed by atoms with E-state index in [9.17, 15) is 4.39 Å². The Morgan fingerprint density at radius 2 is 1.95 bits per heavy atom. The Labute approximate surface area is 135 Å². The number of hydrogen-bond acceptors (Lipinski definition) is 1. The highest BCUT2D eigenvalue weighted by molar-refractivity contribution is 14.1. The van der Waals surface area contributed by atoms with E-state index < -0.39 is 0 Å². The molecule has 0 aliphatic heterocycles. The van der Waals surface area contributed by atoms with E-state index in [1.54, 1.807) is 0 Å². The van der Waals surface area contributed by atoms with Crippen molar-refractivity contribution in [2.75, 3.05) is 4.43 Å². The topological polar surface area (TPSA) is 9.23 Å². The second-order valence-corrected chi connectivity index (χ2v) is 7.75. The highest BCUT2D eigenvalue weighted by atomic mass is 127. The average Bonchev–Trinajstić information content (AvgIpc) is 2.34. The third kappa shape index (κ3) is 4.42. The van der Waals surface area contributed by atoms with Crippen molar-refractivity contribution in [1.29, 1.82) is 0 Å². The summed E-state index contributed by atoms with van der Waals surface area (Å²) < 4.78 is 20.3. The monoisotopic (exact) mass is 390 g/mol. The molecule has 0 N–H and O–H groups in total. The molecule has 1 nitrogen and oxygen atoms in total. The molecule has 0 saturated heterocycles. The molecular formula is C17H24FIO. The lowest BCUT2D eigenvalue weighted by atomic mass is 9.71. The second kappa shape index (κ2) is 6.73. The van der Waals surface area contributed by atoms with Crippen LogP contribution in [0.15, 0.2) is 24.3 Å². The molecule has 0 spiro atoms. The third-order valence-corrected chi connectivity index (χ3v) is 4.89. The standard InChI is InChI=1S/C17H24FIO/c1-12-8-15(10-17(2,3)9-12)20-16(11-19)13-4-6-14(18)7-5-13/h4-7,12,15-16H,8-11H2,1-3H3. The molecule has 1 aromatic carbocycles. The Morgan fingerprint density at radius 3 is 2.50 bits per heavy atom. The highest BCUT2D eigenvalue weighted by Crippen LogP contribution is 2.41. The van der Waals surface area contributed by atoms with E-state index in [1.165, 1.54) is 18.6 Å². The summed E-state index contributed by atoms with van der Waals surface area (Å²) in [6.07, 6.45) is 3.92. The van der Waals surface area contributed by atoms with Crippen molar-refractivity contribution in [3.63, 3.8) is 0 Å². The van der Waals surface area contributed by atoms with Gasteiger partial charge in [0.05, 0.1) is 12.2 Å². The van der Waals surface area contributed by atoms with Crippen LogP contribution in [0.4, 0.5) is 4.39 Å². The average molecular weight is 390 g/mol. The molecule has 3 heteroatoms. The fourth-order valence-electron chi connectivity index (χ4n) is 3.48. The number of hydrogen-bond donors (Lipinski definition) is 0. The van der Waals surface area contributed by atoms with E-state index in [0.717, 1.165) is 22.8 Å². The summed E-state index contributed by atoms with van der Waals surface area (Å²) in [5.41, 5.74) is 1.44. The molecule has 1 aromatic rings. The first-order valence-electron chi connectivity index (χ1n) is 7.36. The lowest BCUT2D eigenvalue weighted by molar-refractivity contribution is -0.0573. The van der Waals surface area contributed by atoms with Gasteiger partial charge in [0, 0.05) is 4.43 Å². The predicted octanol–water partition coefficient (Wildman–Crippen LogP) is 5.53. The molecule has 1 fully saturated rings. The second-order valence-electron chi connectivity index (χ2n) is 6.87. The lowest BCUT2D eigenvalue weighted by Gasteiger charge is -2.40. The zero-order chi connectivity index (χ0) is 14.8. The van der Waals surface area contributed by atoms with Gasteiger partial charge in [-0.2, -0.15) is 0 Å². The number of ether oxygens (including phenoxy) is 1. The highest BCUT2D eigenvalue weighted by Gasteiger charge is 2.33. The molecule has 0 radical (unpaired) electrons. The molecule has 2 rings (SSSR count). The van der Waals surface area contributed by atoms with Gasteiger partial charge < -0.3 is 4.74 Å². The maximum atomic E-state index is 13.0. The number of alkyl halides is 1. The minimum Gasteiger partial charge on any atom is -0.369 e. The predicted molar refractivity (Wildman–Crippen MR) is 89.7 cm³/mol. The Hall–Kier alpha value is -0.160. The van der Waals surface area contributed by atoms with Crippen molar-refractivity contribution in [3.8, 4) is 0 Å². The van der Waals surface area contributed by atoms with E-state index in [1.807, 2.05) is 12.1 Å². The molecule has 20 heavy (non-hydrogen) atoms. The van der Waals surface area contributed by atoms with Gasteiger partial charge >= 0.3 is 0 Å². The number of benzene rings is 1. The smallest absolute Gasteiger partial charge is 0.123 e. The molecule has 3 atom stereocenters. The van der Waals surface area contributed by atoms with E-state index in [0.29, 0.717) is 17.4 Å². The van der Waals surface area contributed by atoms with Crippen molar-refractivity contribution >= 4 is 22.6 Å². The molecule has 112 valence electrons. The maximum Gasteiger partial charge on any atom is 0.123 e. The molecule has 3 unspecified atom stereocenters. The summed E-state index contributed by atoms with van der Waals surface area (Å²) in [6.45, 7) is 6.97. The minimum atomic E-state index is -0.187. The summed E-state index contributed by atoms with van der Waals surface area (Å²) in [6, 6.07) is 6.73. The van der Waals surface area contributed by atoms with Gasteiger partial charge in [-0.05, 0) is 48.3 Å². The molecule has 1 aliphatic rings. The van der Waals surface area contributed by atoms with Crippen molar-refractivity contribution in [2.45, 2.75) is 52.2 Å². The Balaban J connectivity index is 2.04. The van der Waals surface area contributed by atoms with Crippen LogP contribution in [0.2, 0.25) is 0 Å². The molecular weight excluding hydrogens is 366 g/mol. The van der Waals surface area contributed by atoms with Crippen LogP contribution in [0.5, 0.6) is 0 Å². The van der Waals surface area contributed by atoms with Crippen molar-refractivity contribution in [1.82, 2.24) is 0 Å². The fourth-order valence-corrected chi connectivity index (χ4v) is 4.19. The van der Waals surface area contributed by atoms with E-state index in [-0.39, 0.29) is 11.9 Å². The Kier molecular flexibility index (Phi) is 5.46. The normalized spacial score (nSPS) is 27.2. The van der Waals surface area contributed by atoms with Gasteiger partial charge in [0.25, 0.3) is 0 Å². The molecule has 0 heterocycles. The SMILES string of the molecule is CC1CC(OC(CI)c2ccc(F)cc2)CC(C)(C)C1. The maximum absolute atomic E-state index is 13.0. The van der Waals surface area contributed by atoms with Crippen LogP contribution in [0, 0.1) is 17.2 Å². The first kappa shape index (κ1) is 16.2. The van der Waals surface area contributed by atoms with Crippen LogP contribution in [-0.4, -0.2) is 10.5 Å². The summed E-state index contributed by atoms with van der Waals surface area (Å²) >= 11 is 2.35. The van der Waals surface area contributed by atoms with Crippen molar-refractivity contribution in [3.05, 3.63) is 35.6 Å². The van der Waals surface area contributed by atoms with Crippen LogP contribution in [0.3, 0.4) is 0 Å². The summed E-state index contributed by atoms with van der Waals surface area (Å²) in [5.74, 6) is 0.528. The summed E-state index contributed by atoms with van der Waals surface area (Å²) in [4.78, 5) is 0. The Bertz CT molecular complexity index is 429. The van der Waals surface area contributed by atoms with Gasteiger partial charge in [-0.25, -0.2) is 4.39 Å². The quantitative estimate of drug-likeness (QED) is 0.485. The molecule has 0 aromatic heterocycles. The Morgan fingerprint density at radius 1 is 1.30 bits per heavy atom. The molecule has 0 bridgehead atoms. The molecule has 0 amide bonds. The van der Waals surface area contributed by atoms with Crippen LogP contribution in [-0.2, 0) is 4.74 Å². The lowest BCUT2D eigenvalue weighted by Crippen LogP contribution is -2.33. The van der Waals surface area contributed by atoms with Crippen LogP contribution >= 0.6 is 22.6 Å². The van der Waals surface area contributed by atoms with E-state index >= 15 is 0 Å². The largest absolute Gasteiger partial charge is 0.369 e. The van der Waals surface area contributed by atoms with E-state index in [4.69, 9.17) is 4.74 Å². The molecule has 1 saturated carbocycles. The van der Waals surface area contributed by atoms with Crippen LogP contribution < -0.4 is 0 Å². The number of halogens is 2. The minimum absolute atomic E-state index is 0.0716. The zero-order valence-electron chi connectivity index (χ0n) is 12.5. The van der Waals surface area contributed by atoms with Crippen molar-refractivity contribution in [2.24, 2.45) is 11.3 Å². The molecule has 1 aliphatic carbocycles. The number of rotatable bonds is 4. The summed E-state index contributed by atoms with van der Waals surface area (Å²) in [5, 5.41) is 0. The zero-order valence-corrected chi connectivity index (χ0v) is 14.7. The fraction of sp³-hybridized carbons (Fsp3) is 0.647. The van der Waals surface area contributed by atoms with Crippen molar-refractivity contribution < 1.29 is 9.13 Å². The first-order valence-corrected chi connectivity index (χ1v) is 8.89. The van der Waals surface area contributed by atoms with Gasteiger partial charge in [0.2, 0.25) is 0 Å². The van der Waals surface area contributed by atoms with Gasteiger partial charge in [0.1, 0.15) is 5.82 Å². The van der Waals surface area contributed by atoms with Gasteiger partial charge in [0.15, 0.2) is 0 Å². The van der Waals surface area contributed by atoms with Crippen LogP contribution in [0.1, 0.15) is 51.7 Å². The third-order valence-electron chi connectivity index (χ3n) is 4.09. The van der Waals surface area contributed by atoms with Gasteiger partial charge in [-0.1, -0.05) is 55.5 Å². The summed E-state index contributed by atoms with van der Waals surface area (Å²) in [7, 11) is 0. The van der Waals surface area contributed by atoms with E-state index in [2.05, 4.69) is 43.4 Å².